The highest BCUT2D eigenvalue weighted by Gasteiger charge is 2.14. The number of dihydropyridines is 1. The first-order valence-electron chi connectivity index (χ1n) is 15.9. The number of rotatable bonds is 7. The minimum Gasteiger partial charge on any atom is -0.387 e. The molecule has 0 amide bonds. The quantitative estimate of drug-likeness (QED) is 0.193. The topological polar surface area (TPSA) is 63.6 Å². The van der Waals surface area contributed by atoms with E-state index in [9.17, 15) is 0 Å². The third-order valence-electron chi connectivity index (χ3n) is 8.59. The van der Waals surface area contributed by atoms with Gasteiger partial charge >= 0.3 is 0 Å². The Balaban J connectivity index is 1.35. The number of nitrogens with one attached hydrogen (secondary N) is 1. The highest BCUT2D eigenvalue weighted by atomic mass is 14.8. The number of benzene rings is 3. The van der Waals surface area contributed by atoms with Gasteiger partial charge in [0.2, 0.25) is 0 Å². The first kappa shape index (κ1) is 29.0. The molecule has 1 aliphatic rings. The van der Waals surface area contributed by atoms with Gasteiger partial charge in [0.25, 0.3) is 0 Å². The van der Waals surface area contributed by atoms with E-state index in [-0.39, 0.29) is 0 Å². The fourth-order valence-corrected chi connectivity index (χ4v) is 6.18. The maximum atomic E-state index is 4.42. The molecule has 8 rings (SSSR count). The molecule has 5 heteroatoms. The maximum Gasteiger partial charge on any atom is 0.0346 e. The van der Waals surface area contributed by atoms with E-state index in [1.54, 1.807) is 0 Å². The predicted octanol–water partition coefficient (Wildman–Crippen LogP) is 9.77. The van der Waals surface area contributed by atoms with Crippen LogP contribution in [0.15, 0.2) is 171 Å². The monoisotopic (exact) mass is 617 g/mol. The molecule has 4 aromatic heterocycles. The van der Waals surface area contributed by atoms with Gasteiger partial charge in [-0.15, -0.1) is 0 Å². The molecule has 228 valence electrons. The van der Waals surface area contributed by atoms with Crippen molar-refractivity contribution in [3.63, 3.8) is 0 Å². The van der Waals surface area contributed by atoms with E-state index in [1.165, 1.54) is 0 Å². The second-order valence-corrected chi connectivity index (χ2v) is 11.8. The SMILES string of the molecule is C1=CC(c2cc(-c3cccnc3)cc(-c3cc(-c4ccncc4)cc(-c4cc(-c5cccnc5)cc(-c5cccnc5)c4)c3)c2)=CNC1. The van der Waals surface area contributed by atoms with Crippen LogP contribution in [0.25, 0.3) is 72.3 Å². The molecule has 0 fully saturated rings. The van der Waals surface area contributed by atoms with Gasteiger partial charge in [-0.2, -0.15) is 0 Å². The summed E-state index contributed by atoms with van der Waals surface area (Å²) >= 11 is 0. The smallest absolute Gasteiger partial charge is 0.0346 e. The number of aromatic nitrogens is 4. The van der Waals surface area contributed by atoms with Crippen molar-refractivity contribution in [1.82, 2.24) is 25.3 Å². The van der Waals surface area contributed by atoms with Crippen molar-refractivity contribution >= 4 is 5.57 Å². The van der Waals surface area contributed by atoms with Gasteiger partial charge in [0, 0.05) is 79.0 Å². The molecule has 1 aliphatic heterocycles. The van der Waals surface area contributed by atoms with Gasteiger partial charge in [-0.25, -0.2) is 0 Å². The average molecular weight is 618 g/mol. The minimum absolute atomic E-state index is 0.829. The van der Waals surface area contributed by atoms with Gasteiger partial charge in [-0.3, -0.25) is 19.9 Å². The van der Waals surface area contributed by atoms with Gasteiger partial charge in [-0.05, 0) is 146 Å². The van der Waals surface area contributed by atoms with Crippen LogP contribution in [-0.4, -0.2) is 26.5 Å². The average Bonchev–Trinajstić information content (AvgIpc) is 3.19. The number of allylic oxidation sites excluding steroid dienone is 2. The van der Waals surface area contributed by atoms with Crippen LogP contribution < -0.4 is 5.32 Å². The lowest BCUT2D eigenvalue weighted by molar-refractivity contribution is 0.976. The van der Waals surface area contributed by atoms with Crippen molar-refractivity contribution in [3.8, 4) is 66.8 Å². The molecule has 0 saturated heterocycles. The van der Waals surface area contributed by atoms with Crippen molar-refractivity contribution < 1.29 is 0 Å². The van der Waals surface area contributed by atoms with E-state index in [4.69, 9.17) is 0 Å². The predicted molar refractivity (Wildman–Crippen MR) is 195 cm³/mol. The lowest BCUT2D eigenvalue weighted by Crippen LogP contribution is -2.08. The molecule has 5 heterocycles. The second kappa shape index (κ2) is 13.1. The summed E-state index contributed by atoms with van der Waals surface area (Å²) in [4.78, 5) is 17.6. The Morgan fingerprint density at radius 2 is 0.771 bits per heavy atom. The molecule has 0 spiro atoms. The fourth-order valence-electron chi connectivity index (χ4n) is 6.18. The normalized spacial score (nSPS) is 12.3. The van der Waals surface area contributed by atoms with E-state index in [0.29, 0.717) is 0 Å². The molecule has 0 atom stereocenters. The zero-order valence-electron chi connectivity index (χ0n) is 26.2. The van der Waals surface area contributed by atoms with Gasteiger partial charge in [-0.1, -0.05) is 30.4 Å². The summed E-state index contributed by atoms with van der Waals surface area (Å²) in [5, 5.41) is 3.37. The Morgan fingerprint density at radius 1 is 0.375 bits per heavy atom. The number of hydrogen-bond acceptors (Lipinski definition) is 5. The van der Waals surface area contributed by atoms with E-state index >= 15 is 0 Å². The highest BCUT2D eigenvalue weighted by molar-refractivity contribution is 5.88. The first-order chi connectivity index (χ1) is 23.8. The van der Waals surface area contributed by atoms with Crippen LogP contribution in [0.4, 0.5) is 0 Å². The molecule has 0 unspecified atom stereocenters. The zero-order chi connectivity index (χ0) is 32.1. The van der Waals surface area contributed by atoms with Crippen molar-refractivity contribution in [1.29, 1.82) is 0 Å². The Labute approximate surface area is 280 Å². The van der Waals surface area contributed by atoms with Gasteiger partial charge in [0.1, 0.15) is 0 Å². The van der Waals surface area contributed by atoms with E-state index in [1.807, 2.05) is 67.8 Å². The molecule has 3 aromatic carbocycles. The van der Waals surface area contributed by atoms with Crippen molar-refractivity contribution in [2.75, 3.05) is 6.54 Å². The van der Waals surface area contributed by atoms with Crippen molar-refractivity contribution in [2.45, 2.75) is 0 Å². The summed E-state index contributed by atoms with van der Waals surface area (Å²) < 4.78 is 0. The van der Waals surface area contributed by atoms with Crippen LogP contribution >= 0.6 is 0 Å². The molecule has 0 bridgehead atoms. The van der Waals surface area contributed by atoms with E-state index in [0.717, 1.165) is 84.4 Å². The van der Waals surface area contributed by atoms with Gasteiger partial charge in [0.15, 0.2) is 0 Å². The molecular weight excluding hydrogens is 587 g/mol. The Bertz CT molecular complexity index is 2200. The Kier molecular flexibility index (Phi) is 7.91. The molecule has 48 heavy (non-hydrogen) atoms. The molecule has 7 aromatic rings. The van der Waals surface area contributed by atoms with Crippen LogP contribution in [0.3, 0.4) is 0 Å². The van der Waals surface area contributed by atoms with Crippen LogP contribution in [0.2, 0.25) is 0 Å². The first-order valence-corrected chi connectivity index (χ1v) is 15.9. The van der Waals surface area contributed by atoms with Gasteiger partial charge in [0.05, 0.1) is 0 Å². The van der Waals surface area contributed by atoms with Gasteiger partial charge < -0.3 is 5.32 Å². The fraction of sp³-hybridized carbons (Fsp3) is 0.0233. The lowest BCUT2D eigenvalue weighted by atomic mass is 9.88. The summed E-state index contributed by atoms with van der Waals surface area (Å²) in [5.41, 5.74) is 15.5. The second-order valence-electron chi connectivity index (χ2n) is 11.8. The van der Waals surface area contributed by atoms with Crippen LogP contribution in [0.5, 0.6) is 0 Å². The van der Waals surface area contributed by atoms with Crippen LogP contribution in [-0.2, 0) is 0 Å². The van der Waals surface area contributed by atoms with E-state index < -0.39 is 0 Å². The highest BCUT2D eigenvalue weighted by Crippen LogP contribution is 2.39. The van der Waals surface area contributed by atoms with Crippen LogP contribution in [0.1, 0.15) is 5.56 Å². The van der Waals surface area contributed by atoms with Crippen molar-refractivity contribution in [2.24, 2.45) is 0 Å². The Morgan fingerprint density at radius 3 is 1.15 bits per heavy atom. The summed E-state index contributed by atoms with van der Waals surface area (Å²) in [5.74, 6) is 0. The largest absolute Gasteiger partial charge is 0.387 e. The van der Waals surface area contributed by atoms with Crippen LogP contribution in [0, 0.1) is 0 Å². The molecule has 0 radical (unpaired) electrons. The third kappa shape index (κ3) is 6.17. The summed E-state index contributed by atoms with van der Waals surface area (Å²) in [6, 6.07) is 36.8. The molecule has 0 aliphatic carbocycles. The molecule has 0 saturated carbocycles. The maximum absolute atomic E-state index is 4.42. The summed E-state index contributed by atoms with van der Waals surface area (Å²) in [6.07, 6.45) is 21.3. The molecule has 1 N–H and O–H groups in total. The third-order valence-corrected chi connectivity index (χ3v) is 8.59. The zero-order valence-corrected chi connectivity index (χ0v) is 26.2. The standard InChI is InChI=1S/C43H31N5/c1-5-31(26-45-11-1)36-19-37(32-6-2-12-46-27-32)22-42(21-36)40-17-35(30-9-15-44-16-10-30)18-41(25-40)43-23-38(33-7-3-13-47-28-33)20-39(24-43)34-8-4-14-48-29-34/h1-13,15-29,48H,14H2. The number of hydrogen-bond donors (Lipinski definition) is 1. The summed E-state index contributed by atoms with van der Waals surface area (Å²) in [7, 11) is 0. The Hall–Kier alpha value is -6.46. The molecular formula is C43H31N5. The number of nitrogens with zero attached hydrogens (tertiary/aromatic N) is 4. The number of pyridine rings is 4. The minimum atomic E-state index is 0.829. The lowest BCUT2D eigenvalue weighted by Gasteiger charge is -2.16. The van der Waals surface area contributed by atoms with Crippen molar-refractivity contribution in [3.05, 3.63) is 177 Å². The van der Waals surface area contributed by atoms with E-state index in [2.05, 4.69) is 129 Å². The summed E-state index contributed by atoms with van der Waals surface area (Å²) in [6.45, 7) is 0.829. The molecule has 5 nitrogen and oxygen atoms in total.